The van der Waals surface area contributed by atoms with Gasteiger partial charge in [-0.1, -0.05) is 12.8 Å². The standard InChI is InChI=1S/C19H24N2O4S/c22-16(11-4-1-2-5-12(11)19(24)25)21-18-15(17(23)20-10-8-9-10)13-6-3-7-14(13)26-18/h10-12H,1-9H2,(H,20,23)(H,21,22)(H,24,25). The van der Waals surface area contributed by atoms with Crippen LogP contribution in [-0.4, -0.2) is 28.9 Å². The summed E-state index contributed by atoms with van der Waals surface area (Å²) in [6.45, 7) is 0. The summed E-state index contributed by atoms with van der Waals surface area (Å²) >= 11 is 1.49. The van der Waals surface area contributed by atoms with Crippen molar-refractivity contribution in [1.29, 1.82) is 0 Å². The maximum atomic E-state index is 12.8. The molecule has 3 N–H and O–H groups in total. The van der Waals surface area contributed by atoms with Gasteiger partial charge in [-0.3, -0.25) is 14.4 Å². The Morgan fingerprint density at radius 2 is 1.69 bits per heavy atom. The first-order valence-corrected chi connectivity index (χ1v) is 10.4. The maximum Gasteiger partial charge on any atom is 0.307 e. The van der Waals surface area contributed by atoms with E-state index < -0.39 is 17.8 Å². The van der Waals surface area contributed by atoms with Gasteiger partial charge in [0.15, 0.2) is 0 Å². The number of thiophene rings is 1. The van der Waals surface area contributed by atoms with Crippen molar-refractivity contribution >= 4 is 34.1 Å². The number of anilines is 1. The average molecular weight is 376 g/mol. The lowest BCUT2D eigenvalue weighted by Crippen LogP contribution is -2.36. The zero-order valence-electron chi connectivity index (χ0n) is 14.7. The monoisotopic (exact) mass is 376 g/mol. The molecule has 26 heavy (non-hydrogen) atoms. The number of hydrogen-bond donors (Lipinski definition) is 3. The summed E-state index contributed by atoms with van der Waals surface area (Å²) < 4.78 is 0. The third-order valence-corrected chi connectivity index (χ3v) is 6.92. The number of aryl methyl sites for hydroxylation is 1. The Labute approximate surface area is 156 Å². The zero-order chi connectivity index (χ0) is 18.3. The minimum atomic E-state index is -0.898. The first-order chi connectivity index (χ1) is 12.5. The summed E-state index contributed by atoms with van der Waals surface area (Å²) in [7, 11) is 0. The largest absolute Gasteiger partial charge is 0.481 e. The molecule has 6 nitrogen and oxygen atoms in total. The predicted octanol–water partition coefficient (Wildman–Crippen LogP) is 2.96. The van der Waals surface area contributed by atoms with E-state index >= 15 is 0 Å². The number of amides is 2. The van der Waals surface area contributed by atoms with Gasteiger partial charge in [0, 0.05) is 10.9 Å². The highest BCUT2D eigenvalue weighted by atomic mass is 32.1. The average Bonchev–Trinajstić information content (AvgIpc) is 3.20. The molecule has 3 aliphatic rings. The molecule has 1 heterocycles. The zero-order valence-corrected chi connectivity index (χ0v) is 15.5. The van der Waals surface area contributed by atoms with Gasteiger partial charge < -0.3 is 15.7 Å². The second-order valence-corrected chi connectivity index (χ2v) is 8.74. The van der Waals surface area contributed by atoms with E-state index in [0.717, 1.165) is 50.5 Å². The molecule has 2 unspecified atom stereocenters. The van der Waals surface area contributed by atoms with Crippen LogP contribution >= 0.6 is 11.3 Å². The molecule has 2 fully saturated rings. The molecule has 0 radical (unpaired) electrons. The Morgan fingerprint density at radius 3 is 2.38 bits per heavy atom. The number of hydrogen-bond acceptors (Lipinski definition) is 4. The normalized spacial score (nSPS) is 24.8. The molecule has 140 valence electrons. The van der Waals surface area contributed by atoms with Crippen LogP contribution in [0.5, 0.6) is 0 Å². The molecular formula is C19H24N2O4S. The van der Waals surface area contributed by atoms with Crippen LogP contribution in [0, 0.1) is 11.8 Å². The molecule has 4 rings (SSSR count). The number of rotatable bonds is 5. The van der Waals surface area contributed by atoms with E-state index in [1.807, 2.05) is 0 Å². The fourth-order valence-electron chi connectivity index (χ4n) is 4.16. The summed E-state index contributed by atoms with van der Waals surface area (Å²) in [4.78, 5) is 38.2. The highest BCUT2D eigenvalue weighted by Crippen LogP contribution is 2.40. The summed E-state index contributed by atoms with van der Waals surface area (Å²) in [5.74, 6) is -2.39. The number of carbonyl (C=O) groups excluding carboxylic acids is 2. The molecule has 2 atom stereocenters. The Hall–Kier alpha value is -1.89. The van der Waals surface area contributed by atoms with Crippen molar-refractivity contribution in [3.63, 3.8) is 0 Å². The van der Waals surface area contributed by atoms with Gasteiger partial charge in [0.05, 0.1) is 17.4 Å². The molecule has 2 saturated carbocycles. The van der Waals surface area contributed by atoms with Gasteiger partial charge in [0.2, 0.25) is 5.91 Å². The number of nitrogens with one attached hydrogen (secondary N) is 2. The Balaban J connectivity index is 1.56. The van der Waals surface area contributed by atoms with E-state index in [1.165, 1.54) is 16.2 Å². The fourth-order valence-corrected chi connectivity index (χ4v) is 5.45. The first-order valence-electron chi connectivity index (χ1n) is 9.53. The van der Waals surface area contributed by atoms with Crippen molar-refractivity contribution < 1.29 is 19.5 Å². The quantitative estimate of drug-likeness (QED) is 0.736. The first kappa shape index (κ1) is 17.5. The Bertz CT molecular complexity index is 753. The van der Waals surface area contributed by atoms with Gasteiger partial charge in [0.1, 0.15) is 5.00 Å². The summed E-state index contributed by atoms with van der Waals surface area (Å²) in [6.07, 6.45) is 7.76. The number of fused-ring (bicyclic) bond motifs is 1. The summed E-state index contributed by atoms with van der Waals surface area (Å²) in [6, 6.07) is 0.262. The SMILES string of the molecule is O=C(NC1CC1)c1c(NC(=O)C2CCCCC2C(=O)O)sc2c1CCC2. The minimum Gasteiger partial charge on any atom is -0.481 e. The number of aliphatic carboxylic acids is 1. The van der Waals surface area contributed by atoms with E-state index in [4.69, 9.17) is 0 Å². The Morgan fingerprint density at radius 1 is 0.962 bits per heavy atom. The van der Waals surface area contributed by atoms with Crippen LogP contribution < -0.4 is 10.6 Å². The number of carboxylic acid groups (broad SMARTS) is 1. The molecular weight excluding hydrogens is 352 g/mol. The van der Waals surface area contributed by atoms with Crippen LogP contribution in [0.3, 0.4) is 0 Å². The van der Waals surface area contributed by atoms with Gasteiger partial charge in [-0.15, -0.1) is 11.3 Å². The van der Waals surface area contributed by atoms with E-state index in [2.05, 4.69) is 10.6 Å². The second kappa shape index (κ2) is 7.02. The fraction of sp³-hybridized carbons (Fsp3) is 0.632. The lowest BCUT2D eigenvalue weighted by atomic mass is 9.79. The van der Waals surface area contributed by atoms with Gasteiger partial charge in [0.25, 0.3) is 5.91 Å². The van der Waals surface area contributed by atoms with E-state index in [0.29, 0.717) is 23.4 Å². The van der Waals surface area contributed by atoms with Crippen molar-refractivity contribution in [2.75, 3.05) is 5.32 Å². The maximum absolute atomic E-state index is 12.8. The smallest absolute Gasteiger partial charge is 0.307 e. The summed E-state index contributed by atoms with van der Waals surface area (Å²) in [5, 5.41) is 16.0. The molecule has 7 heteroatoms. The van der Waals surface area contributed by atoms with E-state index in [1.54, 1.807) is 0 Å². The predicted molar refractivity (Wildman–Crippen MR) is 98.5 cm³/mol. The van der Waals surface area contributed by atoms with Crippen LogP contribution in [-0.2, 0) is 22.4 Å². The lowest BCUT2D eigenvalue weighted by Gasteiger charge is -2.27. The van der Waals surface area contributed by atoms with Gasteiger partial charge >= 0.3 is 5.97 Å². The molecule has 0 aliphatic heterocycles. The highest BCUT2D eigenvalue weighted by molar-refractivity contribution is 7.17. The van der Waals surface area contributed by atoms with Gasteiger partial charge in [-0.25, -0.2) is 0 Å². The minimum absolute atomic E-state index is 0.0966. The van der Waals surface area contributed by atoms with Gasteiger partial charge in [-0.2, -0.15) is 0 Å². The molecule has 0 bridgehead atoms. The number of carbonyl (C=O) groups is 3. The van der Waals surface area contributed by atoms with Gasteiger partial charge in [-0.05, 0) is 50.5 Å². The van der Waals surface area contributed by atoms with Crippen molar-refractivity contribution in [3.8, 4) is 0 Å². The molecule has 1 aromatic rings. The lowest BCUT2D eigenvalue weighted by molar-refractivity contribution is -0.147. The molecule has 2 amide bonds. The topological polar surface area (TPSA) is 95.5 Å². The molecule has 0 spiro atoms. The van der Waals surface area contributed by atoms with Crippen molar-refractivity contribution in [2.24, 2.45) is 11.8 Å². The van der Waals surface area contributed by atoms with Crippen LogP contribution in [0.2, 0.25) is 0 Å². The molecule has 0 aromatic carbocycles. The molecule has 1 aromatic heterocycles. The summed E-state index contributed by atoms with van der Waals surface area (Å²) in [5.41, 5.74) is 1.69. The van der Waals surface area contributed by atoms with Crippen LogP contribution in [0.15, 0.2) is 0 Å². The van der Waals surface area contributed by atoms with Crippen molar-refractivity contribution in [2.45, 2.75) is 63.8 Å². The van der Waals surface area contributed by atoms with Crippen molar-refractivity contribution in [3.05, 3.63) is 16.0 Å². The van der Waals surface area contributed by atoms with Crippen LogP contribution in [0.4, 0.5) is 5.00 Å². The van der Waals surface area contributed by atoms with Crippen LogP contribution in [0.25, 0.3) is 0 Å². The second-order valence-electron chi connectivity index (χ2n) is 7.63. The molecule has 3 aliphatic carbocycles. The van der Waals surface area contributed by atoms with Crippen molar-refractivity contribution in [1.82, 2.24) is 5.32 Å². The van der Waals surface area contributed by atoms with E-state index in [-0.39, 0.29) is 17.9 Å². The highest BCUT2D eigenvalue weighted by Gasteiger charge is 2.37. The third kappa shape index (κ3) is 3.37. The Kier molecular flexibility index (Phi) is 4.73. The third-order valence-electron chi connectivity index (χ3n) is 5.72. The number of carboxylic acids is 1. The molecule has 0 saturated heterocycles. The van der Waals surface area contributed by atoms with E-state index in [9.17, 15) is 19.5 Å². The van der Waals surface area contributed by atoms with Crippen LogP contribution in [0.1, 0.15) is 65.7 Å².